The van der Waals surface area contributed by atoms with Crippen molar-refractivity contribution in [3.05, 3.63) is 41.9 Å². The lowest BCUT2D eigenvalue weighted by molar-refractivity contribution is 0.131. The number of nitrogens with zero attached hydrogens (tertiary/aromatic N) is 1. The van der Waals surface area contributed by atoms with Gasteiger partial charge in [-0.2, -0.15) is 0 Å². The molecule has 2 heterocycles. The van der Waals surface area contributed by atoms with Gasteiger partial charge in [-0.15, -0.1) is 0 Å². The minimum atomic E-state index is -1.61. The molecule has 0 fully saturated rings. The molecule has 0 saturated heterocycles. The Hall–Kier alpha value is -0.703. The van der Waals surface area contributed by atoms with Crippen molar-refractivity contribution in [3.8, 4) is 0 Å². The van der Waals surface area contributed by atoms with Gasteiger partial charge in [-0.25, -0.2) is 0 Å². The topological polar surface area (TPSA) is 31.4 Å². The molecule has 1 aliphatic rings. The molecule has 1 aromatic rings. The second kappa shape index (κ2) is 7.04. The summed E-state index contributed by atoms with van der Waals surface area (Å²) in [6.45, 7) is 13.7. The molecular weight excluding hydrogens is 321 g/mol. The van der Waals surface area contributed by atoms with E-state index in [9.17, 15) is 0 Å². The summed E-state index contributed by atoms with van der Waals surface area (Å²) in [7, 11) is -0.158. The van der Waals surface area contributed by atoms with Crippen molar-refractivity contribution in [2.75, 3.05) is 13.3 Å². The van der Waals surface area contributed by atoms with Gasteiger partial charge in [0.25, 0.3) is 0 Å². The van der Waals surface area contributed by atoms with Gasteiger partial charge in [0.05, 0.1) is 23.2 Å². The van der Waals surface area contributed by atoms with Crippen LogP contribution in [0.15, 0.2) is 36.2 Å². The van der Waals surface area contributed by atoms with Crippen molar-refractivity contribution in [2.24, 2.45) is 0 Å². The van der Waals surface area contributed by atoms with Gasteiger partial charge in [-0.05, 0) is 43.0 Å². The average Bonchev–Trinajstić information content (AvgIpc) is 2.44. The number of aromatic nitrogens is 1. The molecule has 128 valence electrons. The molecule has 5 heteroatoms. The van der Waals surface area contributed by atoms with E-state index in [2.05, 4.69) is 63.6 Å². The van der Waals surface area contributed by atoms with Gasteiger partial charge in [0.15, 0.2) is 0 Å². The third-order valence-corrected chi connectivity index (χ3v) is 8.37. The molecule has 0 amide bonds. The first-order valence-corrected chi connectivity index (χ1v) is 13.2. The normalized spacial score (nSPS) is 25.9. The van der Waals surface area contributed by atoms with Crippen LogP contribution in [-0.4, -0.2) is 37.8 Å². The highest BCUT2D eigenvalue weighted by Crippen LogP contribution is 2.64. The summed E-state index contributed by atoms with van der Waals surface area (Å²) in [5.74, 6) is 1.13. The molecule has 1 unspecified atom stereocenters. The lowest BCUT2D eigenvalue weighted by atomic mass is 10.1. The van der Waals surface area contributed by atoms with E-state index in [1.54, 1.807) is 7.11 Å². The molecule has 0 saturated carbocycles. The number of hydrogen-bond donors (Lipinski definition) is 0. The highest BCUT2D eigenvalue weighted by atomic mass is 31.1. The van der Waals surface area contributed by atoms with Gasteiger partial charge >= 0.3 is 0 Å². The molecule has 23 heavy (non-hydrogen) atoms. The monoisotopic (exact) mass is 351 g/mol. The summed E-state index contributed by atoms with van der Waals surface area (Å²) >= 11 is 0. The van der Waals surface area contributed by atoms with E-state index in [1.807, 2.05) is 12.3 Å². The maximum Gasteiger partial charge on any atom is 0.241 e. The second-order valence-electron chi connectivity index (χ2n) is 8.05. The lowest BCUT2D eigenvalue weighted by Crippen LogP contribution is -2.34. The summed E-state index contributed by atoms with van der Waals surface area (Å²) in [6, 6.07) is 6.18. The predicted octanol–water partition coefficient (Wildman–Crippen LogP) is 5.17. The van der Waals surface area contributed by atoms with Gasteiger partial charge in [0.1, 0.15) is 0 Å². The zero-order valence-electron chi connectivity index (χ0n) is 15.5. The molecule has 0 bridgehead atoms. The van der Waals surface area contributed by atoms with Crippen molar-refractivity contribution in [1.29, 1.82) is 0 Å². The molecule has 1 aromatic heterocycles. The fourth-order valence-corrected chi connectivity index (χ4v) is 7.05. The Labute approximate surface area is 143 Å². The molecule has 0 aromatic carbocycles. The smallest absolute Gasteiger partial charge is 0.241 e. The average molecular weight is 352 g/mol. The van der Waals surface area contributed by atoms with Crippen molar-refractivity contribution in [1.82, 2.24) is 4.98 Å². The maximum atomic E-state index is 6.34. The van der Waals surface area contributed by atoms with Gasteiger partial charge in [-0.1, -0.05) is 34.8 Å². The molecule has 0 spiro atoms. The maximum absolute atomic E-state index is 6.34. The van der Waals surface area contributed by atoms with Crippen LogP contribution in [0, 0.1) is 0 Å². The van der Waals surface area contributed by atoms with E-state index in [1.165, 1.54) is 0 Å². The predicted molar refractivity (Wildman–Crippen MR) is 102 cm³/mol. The first-order valence-electron chi connectivity index (χ1n) is 8.22. The van der Waals surface area contributed by atoms with Crippen LogP contribution in [0.25, 0.3) is 0 Å². The number of methoxy groups -OCH3 is 1. The van der Waals surface area contributed by atoms with Gasteiger partial charge in [0, 0.05) is 19.5 Å². The largest absolute Gasteiger partial charge is 0.547 e. The molecule has 0 N–H and O–H groups in total. The Morgan fingerprint density at radius 1 is 1.22 bits per heavy atom. The SMILES string of the molecule is CO[C@@H]1C=C(O[Si](C)(C)C)CP(C(C)(C)C)[C@H]1c1ccccn1. The summed E-state index contributed by atoms with van der Waals surface area (Å²) in [6.07, 6.45) is 5.14. The van der Waals surface area contributed by atoms with Crippen molar-refractivity contribution >= 4 is 16.2 Å². The fraction of sp³-hybridized carbons (Fsp3) is 0.611. The van der Waals surface area contributed by atoms with Crippen LogP contribution in [-0.2, 0) is 9.16 Å². The third-order valence-electron chi connectivity index (χ3n) is 3.89. The van der Waals surface area contributed by atoms with Crippen molar-refractivity contribution in [3.63, 3.8) is 0 Å². The van der Waals surface area contributed by atoms with Crippen LogP contribution >= 0.6 is 7.92 Å². The van der Waals surface area contributed by atoms with Crippen LogP contribution in [0.2, 0.25) is 19.6 Å². The quantitative estimate of drug-likeness (QED) is 0.554. The Balaban J connectivity index is 2.42. The van der Waals surface area contributed by atoms with Crippen LogP contribution < -0.4 is 0 Å². The summed E-state index contributed by atoms with van der Waals surface area (Å²) in [4.78, 5) is 4.64. The molecule has 0 aliphatic carbocycles. The first kappa shape index (κ1) is 18.6. The third kappa shape index (κ3) is 4.88. The minimum absolute atomic E-state index is 0.0373. The van der Waals surface area contributed by atoms with Crippen LogP contribution in [0.4, 0.5) is 0 Å². The molecule has 2 rings (SSSR count). The molecular formula is C18H30NO2PSi. The standard InChI is InChI=1S/C18H30NO2PSi/c1-18(2,3)22-13-14(21-23(5,6)7)12-16(20-4)17(22)15-10-8-9-11-19-15/h8-12,16-17H,13H2,1-7H3/t16-,17+,22?/m1/s1. The van der Waals surface area contributed by atoms with E-state index in [-0.39, 0.29) is 19.2 Å². The van der Waals surface area contributed by atoms with E-state index >= 15 is 0 Å². The Morgan fingerprint density at radius 2 is 1.91 bits per heavy atom. The zero-order valence-corrected chi connectivity index (χ0v) is 17.4. The molecule has 1 aliphatic heterocycles. The number of ether oxygens (including phenoxy) is 1. The first-order chi connectivity index (χ1) is 10.6. The number of pyridine rings is 1. The Kier molecular flexibility index (Phi) is 5.70. The second-order valence-corrected chi connectivity index (χ2v) is 15.6. The summed E-state index contributed by atoms with van der Waals surface area (Å²) < 4.78 is 12.2. The number of allylic oxidation sites excluding steroid dienone is 1. The van der Waals surface area contributed by atoms with E-state index in [0.29, 0.717) is 5.66 Å². The minimum Gasteiger partial charge on any atom is -0.547 e. The summed E-state index contributed by atoms with van der Waals surface area (Å²) in [5.41, 5.74) is 1.47. The molecule has 3 nitrogen and oxygen atoms in total. The van der Waals surface area contributed by atoms with E-state index < -0.39 is 8.32 Å². The number of hydrogen-bond acceptors (Lipinski definition) is 3. The van der Waals surface area contributed by atoms with E-state index in [4.69, 9.17) is 9.16 Å². The number of rotatable bonds is 4. The highest BCUT2D eigenvalue weighted by molar-refractivity contribution is 7.60. The lowest BCUT2D eigenvalue weighted by Gasteiger charge is -2.44. The van der Waals surface area contributed by atoms with Crippen LogP contribution in [0.1, 0.15) is 32.1 Å². The summed E-state index contributed by atoms with van der Waals surface area (Å²) in [5, 5.41) is 0.219. The molecule has 3 atom stereocenters. The Bertz CT molecular complexity index is 548. The highest BCUT2D eigenvalue weighted by Gasteiger charge is 2.42. The zero-order chi connectivity index (χ0) is 17.3. The van der Waals surface area contributed by atoms with Crippen LogP contribution in [0.5, 0.6) is 0 Å². The van der Waals surface area contributed by atoms with Crippen LogP contribution in [0.3, 0.4) is 0 Å². The van der Waals surface area contributed by atoms with Gasteiger partial charge in [-0.3, -0.25) is 4.98 Å². The van der Waals surface area contributed by atoms with E-state index in [0.717, 1.165) is 17.6 Å². The molecule has 0 radical (unpaired) electrons. The van der Waals surface area contributed by atoms with Crippen molar-refractivity contribution < 1.29 is 9.16 Å². The Morgan fingerprint density at radius 3 is 2.39 bits per heavy atom. The fourth-order valence-electron chi connectivity index (χ4n) is 2.96. The van der Waals surface area contributed by atoms with Crippen molar-refractivity contribution in [2.45, 2.75) is 57.3 Å². The van der Waals surface area contributed by atoms with Gasteiger partial charge < -0.3 is 9.16 Å². The van der Waals surface area contributed by atoms with Gasteiger partial charge in [0.2, 0.25) is 8.32 Å².